The molecule has 1 N–H and O–H groups in total. The molecule has 1 aromatic heterocycles. The highest BCUT2D eigenvalue weighted by atomic mass is 32.2. The minimum Gasteiger partial charge on any atom is -0.497 e. The van der Waals surface area contributed by atoms with E-state index in [1.54, 1.807) is 14.2 Å². The zero-order chi connectivity index (χ0) is 21.9. The summed E-state index contributed by atoms with van der Waals surface area (Å²) in [6.45, 7) is 7.03. The first-order valence-electron chi connectivity index (χ1n) is 10.0. The SMILES string of the molecule is COc1ccc(CN2CCc3nnc(C(NS(C)(=O)=O)C(C)C)n3CC2)c(OC)c1. The van der Waals surface area contributed by atoms with E-state index in [9.17, 15) is 8.42 Å². The van der Waals surface area contributed by atoms with E-state index in [2.05, 4.69) is 24.4 Å². The van der Waals surface area contributed by atoms with Gasteiger partial charge in [0.15, 0.2) is 5.82 Å². The summed E-state index contributed by atoms with van der Waals surface area (Å²) in [5, 5.41) is 8.69. The van der Waals surface area contributed by atoms with Crippen LogP contribution in [0.5, 0.6) is 11.5 Å². The first kappa shape index (κ1) is 22.5. The zero-order valence-electron chi connectivity index (χ0n) is 18.3. The van der Waals surface area contributed by atoms with Crippen LogP contribution in [0.3, 0.4) is 0 Å². The minimum atomic E-state index is -3.36. The van der Waals surface area contributed by atoms with Crippen molar-refractivity contribution in [2.24, 2.45) is 5.92 Å². The summed E-state index contributed by atoms with van der Waals surface area (Å²) in [6, 6.07) is 5.45. The number of nitrogens with one attached hydrogen (secondary N) is 1. The fourth-order valence-corrected chi connectivity index (χ4v) is 4.56. The van der Waals surface area contributed by atoms with Gasteiger partial charge >= 0.3 is 0 Å². The lowest BCUT2D eigenvalue weighted by Crippen LogP contribution is -2.33. The molecule has 10 heteroatoms. The second kappa shape index (κ2) is 9.32. The van der Waals surface area contributed by atoms with E-state index in [0.29, 0.717) is 12.4 Å². The van der Waals surface area contributed by atoms with E-state index in [1.165, 1.54) is 6.26 Å². The lowest BCUT2D eigenvalue weighted by atomic mass is 10.1. The van der Waals surface area contributed by atoms with Gasteiger partial charge < -0.3 is 14.0 Å². The van der Waals surface area contributed by atoms with Crippen LogP contribution < -0.4 is 14.2 Å². The van der Waals surface area contributed by atoms with E-state index in [0.717, 1.165) is 48.9 Å². The Kier molecular flexibility index (Phi) is 6.99. The van der Waals surface area contributed by atoms with Crippen LogP contribution in [-0.4, -0.2) is 61.6 Å². The number of ether oxygens (including phenoxy) is 2. The van der Waals surface area contributed by atoms with E-state index in [4.69, 9.17) is 9.47 Å². The van der Waals surface area contributed by atoms with Crippen molar-refractivity contribution in [2.75, 3.05) is 33.6 Å². The van der Waals surface area contributed by atoms with Gasteiger partial charge in [-0.05, 0) is 12.0 Å². The lowest BCUT2D eigenvalue weighted by molar-refractivity contribution is 0.264. The van der Waals surface area contributed by atoms with Crippen molar-refractivity contribution in [1.29, 1.82) is 0 Å². The van der Waals surface area contributed by atoms with Gasteiger partial charge in [0.1, 0.15) is 17.3 Å². The fraction of sp³-hybridized carbons (Fsp3) is 0.600. The standard InChI is InChI=1S/C20H31N5O4S/c1-14(2)19(23-30(5,26)27)20-22-21-18-8-9-24(10-11-25(18)20)13-15-6-7-16(28-3)12-17(15)29-4/h6-7,12,14,19,23H,8-11,13H2,1-5H3. The molecule has 166 valence electrons. The Labute approximate surface area is 178 Å². The van der Waals surface area contributed by atoms with Crippen molar-refractivity contribution >= 4 is 10.0 Å². The van der Waals surface area contributed by atoms with Crippen LogP contribution in [0.25, 0.3) is 0 Å². The second-order valence-electron chi connectivity index (χ2n) is 7.94. The van der Waals surface area contributed by atoms with Crippen molar-refractivity contribution in [3.05, 3.63) is 35.4 Å². The van der Waals surface area contributed by atoms with E-state index >= 15 is 0 Å². The molecule has 2 heterocycles. The van der Waals surface area contributed by atoms with Gasteiger partial charge in [0.25, 0.3) is 0 Å². The summed E-state index contributed by atoms with van der Waals surface area (Å²) in [7, 11) is -0.0606. The maximum absolute atomic E-state index is 11.8. The Morgan fingerprint density at radius 3 is 2.53 bits per heavy atom. The van der Waals surface area contributed by atoms with Gasteiger partial charge in [-0.2, -0.15) is 0 Å². The molecule has 1 unspecified atom stereocenters. The van der Waals surface area contributed by atoms with Gasteiger partial charge in [-0.25, -0.2) is 13.1 Å². The van der Waals surface area contributed by atoms with Crippen molar-refractivity contribution in [3.63, 3.8) is 0 Å². The molecule has 0 amide bonds. The van der Waals surface area contributed by atoms with Gasteiger partial charge in [0, 0.05) is 44.2 Å². The maximum atomic E-state index is 11.8. The number of rotatable bonds is 8. The third kappa shape index (κ3) is 5.30. The topological polar surface area (TPSA) is 98.6 Å². The first-order chi connectivity index (χ1) is 14.2. The van der Waals surface area contributed by atoms with Crippen LogP contribution in [0.1, 0.15) is 37.1 Å². The average Bonchev–Trinajstić information content (AvgIpc) is 2.99. The zero-order valence-corrected chi connectivity index (χ0v) is 19.1. The highest BCUT2D eigenvalue weighted by molar-refractivity contribution is 7.88. The molecule has 1 aromatic carbocycles. The highest BCUT2D eigenvalue weighted by Gasteiger charge is 2.28. The van der Waals surface area contributed by atoms with Gasteiger partial charge in [0.05, 0.1) is 26.5 Å². The average molecular weight is 438 g/mol. The van der Waals surface area contributed by atoms with Crippen LogP contribution in [0, 0.1) is 5.92 Å². The van der Waals surface area contributed by atoms with Crippen molar-refractivity contribution in [2.45, 2.75) is 39.4 Å². The number of sulfonamides is 1. The number of hydrogen-bond acceptors (Lipinski definition) is 7. The maximum Gasteiger partial charge on any atom is 0.209 e. The van der Waals surface area contributed by atoms with Crippen LogP contribution in [0.4, 0.5) is 0 Å². The molecule has 0 radical (unpaired) electrons. The van der Waals surface area contributed by atoms with Crippen LogP contribution >= 0.6 is 0 Å². The summed E-state index contributed by atoms with van der Waals surface area (Å²) < 4.78 is 39.3. The van der Waals surface area contributed by atoms with Crippen molar-refractivity contribution < 1.29 is 17.9 Å². The summed E-state index contributed by atoms with van der Waals surface area (Å²) in [5.41, 5.74) is 1.09. The summed E-state index contributed by atoms with van der Waals surface area (Å²) in [6.07, 6.45) is 1.92. The third-order valence-electron chi connectivity index (χ3n) is 5.32. The molecule has 2 aromatic rings. The Balaban J connectivity index is 1.77. The molecule has 30 heavy (non-hydrogen) atoms. The molecule has 0 aliphatic carbocycles. The molecule has 0 spiro atoms. The van der Waals surface area contributed by atoms with Crippen LogP contribution in [0.15, 0.2) is 18.2 Å². The molecular weight excluding hydrogens is 406 g/mol. The number of fused-ring (bicyclic) bond motifs is 1. The largest absolute Gasteiger partial charge is 0.497 e. The molecule has 3 rings (SSSR count). The smallest absolute Gasteiger partial charge is 0.209 e. The molecule has 1 atom stereocenters. The van der Waals surface area contributed by atoms with E-state index in [1.807, 2.05) is 32.0 Å². The van der Waals surface area contributed by atoms with Gasteiger partial charge in [-0.1, -0.05) is 19.9 Å². The number of nitrogens with zero attached hydrogens (tertiary/aromatic N) is 4. The number of aromatic nitrogens is 3. The van der Waals surface area contributed by atoms with Crippen molar-refractivity contribution in [3.8, 4) is 11.5 Å². The quantitative estimate of drug-likeness (QED) is 0.670. The predicted molar refractivity (Wildman–Crippen MR) is 114 cm³/mol. The number of benzene rings is 1. The summed E-state index contributed by atoms with van der Waals surface area (Å²) in [4.78, 5) is 2.34. The van der Waals surface area contributed by atoms with Crippen LogP contribution in [0.2, 0.25) is 0 Å². The van der Waals surface area contributed by atoms with Gasteiger partial charge in [-0.15, -0.1) is 10.2 Å². The minimum absolute atomic E-state index is 0.0518. The van der Waals surface area contributed by atoms with Gasteiger partial charge in [-0.3, -0.25) is 4.90 Å². The molecule has 0 bridgehead atoms. The first-order valence-corrected chi connectivity index (χ1v) is 11.9. The monoisotopic (exact) mass is 437 g/mol. The summed E-state index contributed by atoms with van der Waals surface area (Å²) in [5.74, 6) is 3.18. The highest BCUT2D eigenvalue weighted by Crippen LogP contribution is 2.27. The predicted octanol–water partition coefficient (Wildman–Crippen LogP) is 1.60. The number of methoxy groups -OCH3 is 2. The molecule has 0 fully saturated rings. The van der Waals surface area contributed by atoms with E-state index < -0.39 is 16.1 Å². The van der Waals surface area contributed by atoms with Crippen LogP contribution in [-0.2, 0) is 29.5 Å². The second-order valence-corrected chi connectivity index (χ2v) is 9.72. The molecule has 0 saturated heterocycles. The Morgan fingerprint density at radius 1 is 1.13 bits per heavy atom. The third-order valence-corrected chi connectivity index (χ3v) is 6.00. The molecule has 1 aliphatic rings. The lowest BCUT2D eigenvalue weighted by Gasteiger charge is -2.23. The van der Waals surface area contributed by atoms with E-state index in [-0.39, 0.29) is 5.92 Å². The summed E-state index contributed by atoms with van der Waals surface area (Å²) >= 11 is 0. The Hall–Kier alpha value is -2.17. The normalized spacial score (nSPS) is 16.2. The molecule has 9 nitrogen and oxygen atoms in total. The molecular formula is C20H31N5O4S. The fourth-order valence-electron chi connectivity index (χ4n) is 3.72. The van der Waals surface area contributed by atoms with Crippen molar-refractivity contribution in [1.82, 2.24) is 24.4 Å². The molecule has 1 aliphatic heterocycles. The molecule has 0 saturated carbocycles. The Bertz CT molecular complexity index is 974. The Morgan fingerprint density at radius 2 is 1.90 bits per heavy atom. The van der Waals surface area contributed by atoms with Gasteiger partial charge in [0.2, 0.25) is 10.0 Å². The number of hydrogen-bond donors (Lipinski definition) is 1.